The second-order valence-corrected chi connectivity index (χ2v) is 5.10. The SMILES string of the molecule is O=C1COc2cc([N+](=O)[O-])c(N3CCCC3CO)cc2N1. The fourth-order valence-electron chi connectivity index (χ4n) is 2.82. The standard InChI is InChI=1S/C13H15N3O5/c17-6-8-2-1-3-15(8)10-4-9-12(5-11(10)16(19)20)21-7-13(18)14-9/h4-5,8,17H,1-3,6-7H2,(H,14,18). The molecule has 1 saturated heterocycles. The third-order valence-electron chi connectivity index (χ3n) is 3.80. The van der Waals surface area contributed by atoms with Crippen LogP contribution >= 0.6 is 0 Å². The number of benzene rings is 1. The largest absolute Gasteiger partial charge is 0.481 e. The molecule has 1 amide bonds. The molecule has 0 bridgehead atoms. The number of aliphatic hydroxyl groups excluding tert-OH is 1. The summed E-state index contributed by atoms with van der Waals surface area (Å²) in [7, 11) is 0. The Kier molecular flexibility index (Phi) is 3.38. The number of carbonyl (C=O) groups excluding carboxylic acids is 1. The van der Waals surface area contributed by atoms with Crippen LogP contribution in [0.3, 0.4) is 0 Å². The number of ether oxygens (including phenoxy) is 1. The molecule has 0 aromatic heterocycles. The Balaban J connectivity index is 2.07. The molecule has 2 aliphatic rings. The molecule has 8 heteroatoms. The molecule has 2 heterocycles. The number of nitrogens with zero attached hydrogens (tertiary/aromatic N) is 2. The van der Waals surface area contributed by atoms with Crippen molar-refractivity contribution in [3.05, 3.63) is 22.2 Å². The maximum Gasteiger partial charge on any atom is 0.296 e. The van der Waals surface area contributed by atoms with E-state index in [0.29, 0.717) is 23.7 Å². The van der Waals surface area contributed by atoms with Gasteiger partial charge in [0, 0.05) is 6.54 Å². The summed E-state index contributed by atoms with van der Waals surface area (Å²) in [6, 6.07) is 2.75. The molecule has 0 radical (unpaired) electrons. The number of nitro benzene ring substituents is 1. The number of aliphatic hydroxyl groups is 1. The van der Waals surface area contributed by atoms with Crippen LogP contribution < -0.4 is 15.0 Å². The summed E-state index contributed by atoms with van der Waals surface area (Å²) in [5, 5.41) is 23.3. The smallest absolute Gasteiger partial charge is 0.296 e. The predicted octanol–water partition coefficient (Wildman–Crippen LogP) is 0.887. The van der Waals surface area contributed by atoms with E-state index >= 15 is 0 Å². The number of anilines is 2. The van der Waals surface area contributed by atoms with Crippen molar-refractivity contribution in [2.75, 3.05) is 30.0 Å². The van der Waals surface area contributed by atoms with Gasteiger partial charge in [-0.1, -0.05) is 0 Å². The number of nitro groups is 1. The Morgan fingerprint density at radius 1 is 1.52 bits per heavy atom. The van der Waals surface area contributed by atoms with Gasteiger partial charge in [0.1, 0.15) is 5.69 Å². The van der Waals surface area contributed by atoms with Crippen LogP contribution in [0.2, 0.25) is 0 Å². The van der Waals surface area contributed by atoms with E-state index in [2.05, 4.69) is 5.32 Å². The van der Waals surface area contributed by atoms with Crippen LogP contribution in [-0.4, -0.2) is 41.7 Å². The summed E-state index contributed by atoms with van der Waals surface area (Å²) in [6.45, 7) is 0.434. The number of rotatable bonds is 3. The minimum atomic E-state index is -0.470. The summed E-state index contributed by atoms with van der Waals surface area (Å²) in [4.78, 5) is 24.0. The van der Waals surface area contributed by atoms with Gasteiger partial charge in [-0.2, -0.15) is 0 Å². The Bertz CT molecular complexity index is 604. The first kappa shape index (κ1) is 13.6. The molecule has 1 unspecified atom stereocenters. The van der Waals surface area contributed by atoms with Gasteiger partial charge < -0.3 is 20.1 Å². The zero-order valence-corrected chi connectivity index (χ0v) is 11.2. The van der Waals surface area contributed by atoms with Gasteiger partial charge in [-0.05, 0) is 18.9 Å². The molecule has 2 aliphatic heterocycles. The van der Waals surface area contributed by atoms with Gasteiger partial charge in [0.05, 0.1) is 29.3 Å². The van der Waals surface area contributed by atoms with E-state index in [1.54, 1.807) is 6.07 Å². The molecule has 112 valence electrons. The fraction of sp³-hybridized carbons (Fsp3) is 0.462. The molecule has 21 heavy (non-hydrogen) atoms. The number of hydrogen-bond donors (Lipinski definition) is 2. The lowest BCUT2D eigenvalue weighted by Gasteiger charge is -2.27. The van der Waals surface area contributed by atoms with Crippen LogP contribution in [-0.2, 0) is 4.79 Å². The van der Waals surface area contributed by atoms with Crippen molar-refractivity contribution in [2.45, 2.75) is 18.9 Å². The number of fused-ring (bicyclic) bond motifs is 1. The van der Waals surface area contributed by atoms with Crippen molar-refractivity contribution in [2.24, 2.45) is 0 Å². The quantitative estimate of drug-likeness (QED) is 0.633. The zero-order chi connectivity index (χ0) is 15.0. The molecular weight excluding hydrogens is 278 g/mol. The molecule has 1 atom stereocenters. The Morgan fingerprint density at radius 3 is 3.05 bits per heavy atom. The molecule has 1 aromatic carbocycles. The predicted molar refractivity (Wildman–Crippen MR) is 74.7 cm³/mol. The topological polar surface area (TPSA) is 105 Å². The van der Waals surface area contributed by atoms with E-state index in [-0.39, 0.29) is 30.9 Å². The van der Waals surface area contributed by atoms with Crippen molar-refractivity contribution in [1.29, 1.82) is 0 Å². The lowest BCUT2D eigenvalue weighted by atomic mass is 10.1. The average molecular weight is 293 g/mol. The van der Waals surface area contributed by atoms with Gasteiger partial charge in [-0.3, -0.25) is 14.9 Å². The maximum absolute atomic E-state index is 11.4. The first-order chi connectivity index (χ1) is 10.1. The van der Waals surface area contributed by atoms with Crippen molar-refractivity contribution in [3.8, 4) is 5.75 Å². The van der Waals surface area contributed by atoms with E-state index < -0.39 is 4.92 Å². The summed E-state index contributed by atoms with van der Waals surface area (Å²) < 4.78 is 5.21. The molecule has 2 N–H and O–H groups in total. The monoisotopic (exact) mass is 293 g/mol. The molecule has 8 nitrogen and oxygen atoms in total. The molecule has 0 saturated carbocycles. The van der Waals surface area contributed by atoms with E-state index in [1.165, 1.54) is 6.07 Å². The van der Waals surface area contributed by atoms with Crippen molar-refractivity contribution >= 4 is 23.0 Å². The average Bonchev–Trinajstić information content (AvgIpc) is 2.93. The Hall–Kier alpha value is -2.35. The van der Waals surface area contributed by atoms with E-state index in [4.69, 9.17) is 4.74 Å². The van der Waals surface area contributed by atoms with E-state index in [0.717, 1.165) is 12.8 Å². The number of hydrogen-bond acceptors (Lipinski definition) is 6. The highest BCUT2D eigenvalue weighted by Gasteiger charge is 2.32. The maximum atomic E-state index is 11.4. The van der Waals surface area contributed by atoms with Gasteiger partial charge in [0.2, 0.25) is 0 Å². The first-order valence-corrected chi connectivity index (χ1v) is 6.72. The second kappa shape index (κ2) is 5.21. The van der Waals surface area contributed by atoms with E-state index in [1.807, 2.05) is 4.90 Å². The summed E-state index contributed by atoms with van der Waals surface area (Å²) >= 11 is 0. The normalized spacial score (nSPS) is 20.7. The summed E-state index contributed by atoms with van der Waals surface area (Å²) in [6.07, 6.45) is 1.65. The van der Waals surface area contributed by atoms with Crippen LogP contribution in [0.1, 0.15) is 12.8 Å². The summed E-state index contributed by atoms with van der Waals surface area (Å²) in [5.74, 6) is 0.00669. The van der Waals surface area contributed by atoms with Crippen molar-refractivity contribution in [1.82, 2.24) is 0 Å². The summed E-state index contributed by atoms with van der Waals surface area (Å²) in [5.41, 5.74) is 0.752. The highest BCUT2D eigenvalue weighted by molar-refractivity contribution is 5.97. The van der Waals surface area contributed by atoms with Gasteiger partial charge in [0.25, 0.3) is 11.6 Å². The second-order valence-electron chi connectivity index (χ2n) is 5.10. The zero-order valence-electron chi connectivity index (χ0n) is 11.2. The Labute approximate surface area is 120 Å². The van der Waals surface area contributed by atoms with Crippen LogP contribution in [0, 0.1) is 10.1 Å². The van der Waals surface area contributed by atoms with Gasteiger partial charge in [-0.15, -0.1) is 0 Å². The highest BCUT2D eigenvalue weighted by atomic mass is 16.6. The molecular formula is C13H15N3O5. The first-order valence-electron chi connectivity index (χ1n) is 6.72. The minimum absolute atomic E-state index is 0.0584. The van der Waals surface area contributed by atoms with Gasteiger partial charge in [-0.25, -0.2) is 0 Å². The van der Waals surface area contributed by atoms with Gasteiger partial charge in [0.15, 0.2) is 12.4 Å². The van der Waals surface area contributed by atoms with Crippen LogP contribution in [0.5, 0.6) is 5.75 Å². The van der Waals surface area contributed by atoms with Crippen LogP contribution in [0.15, 0.2) is 12.1 Å². The van der Waals surface area contributed by atoms with Crippen LogP contribution in [0.25, 0.3) is 0 Å². The van der Waals surface area contributed by atoms with E-state index in [9.17, 15) is 20.0 Å². The van der Waals surface area contributed by atoms with Crippen LogP contribution in [0.4, 0.5) is 17.1 Å². The molecule has 1 aromatic rings. The lowest BCUT2D eigenvalue weighted by Crippen LogP contribution is -2.33. The fourth-order valence-corrected chi connectivity index (χ4v) is 2.82. The molecule has 3 rings (SSSR count). The molecule has 1 fully saturated rings. The van der Waals surface area contributed by atoms with Gasteiger partial charge >= 0.3 is 0 Å². The Morgan fingerprint density at radius 2 is 2.33 bits per heavy atom. The third-order valence-corrected chi connectivity index (χ3v) is 3.80. The molecule has 0 aliphatic carbocycles. The lowest BCUT2D eigenvalue weighted by molar-refractivity contribution is -0.384. The number of nitrogens with one attached hydrogen (secondary N) is 1. The van der Waals surface area contributed by atoms with Crippen molar-refractivity contribution in [3.63, 3.8) is 0 Å². The minimum Gasteiger partial charge on any atom is -0.481 e. The highest BCUT2D eigenvalue weighted by Crippen LogP contribution is 2.41. The molecule has 0 spiro atoms. The van der Waals surface area contributed by atoms with Crippen molar-refractivity contribution < 1.29 is 19.6 Å². The third kappa shape index (κ3) is 2.38. The number of carbonyl (C=O) groups is 1. The number of amides is 1.